The Morgan fingerprint density at radius 3 is 2.47 bits per heavy atom. The molecule has 192 valence electrons. The second-order valence-electron chi connectivity index (χ2n) is 8.54. The number of pyridine rings is 2. The fourth-order valence-corrected chi connectivity index (χ4v) is 5.11. The van der Waals surface area contributed by atoms with Gasteiger partial charge in [-0.25, -0.2) is 9.97 Å². The maximum absolute atomic E-state index is 13.8. The summed E-state index contributed by atoms with van der Waals surface area (Å²) in [6.07, 6.45) is -2.81. The van der Waals surface area contributed by atoms with Gasteiger partial charge in [-0.05, 0) is 61.2 Å². The SMILES string of the molecule is COc1ccc(Cl)cc1-c1nc(NS(=O)(=O)c2cccc(N3CCC(C)CC3)n2)ccc1C(F)(F)F. The number of benzene rings is 1. The Kier molecular flexibility index (Phi) is 7.33. The molecule has 0 radical (unpaired) electrons. The minimum absolute atomic E-state index is 0.0298. The first-order valence-corrected chi connectivity index (χ1v) is 13.0. The van der Waals surface area contributed by atoms with Crippen molar-refractivity contribution in [2.24, 2.45) is 5.92 Å². The molecule has 0 atom stereocenters. The first-order valence-electron chi connectivity index (χ1n) is 11.1. The molecule has 3 heterocycles. The third-order valence-electron chi connectivity index (χ3n) is 5.95. The first kappa shape index (κ1) is 26.0. The number of ether oxygens (including phenoxy) is 1. The van der Waals surface area contributed by atoms with Crippen LogP contribution in [0, 0.1) is 5.92 Å². The van der Waals surface area contributed by atoms with Gasteiger partial charge < -0.3 is 9.64 Å². The van der Waals surface area contributed by atoms with E-state index in [4.69, 9.17) is 16.3 Å². The fourth-order valence-electron chi connectivity index (χ4n) is 3.97. The molecule has 0 amide bonds. The van der Waals surface area contributed by atoms with Crippen molar-refractivity contribution in [3.8, 4) is 17.0 Å². The normalized spacial score (nSPS) is 15.1. The van der Waals surface area contributed by atoms with Crippen molar-refractivity contribution in [1.82, 2.24) is 9.97 Å². The molecule has 1 aromatic carbocycles. The third kappa shape index (κ3) is 5.67. The molecule has 0 bridgehead atoms. The zero-order chi connectivity index (χ0) is 26.1. The van der Waals surface area contributed by atoms with Crippen molar-refractivity contribution < 1.29 is 26.3 Å². The number of nitrogens with one attached hydrogen (secondary N) is 1. The van der Waals surface area contributed by atoms with Gasteiger partial charge in [0.05, 0.1) is 18.4 Å². The first-order chi connectivity index (χ1) is 17.0. The highest BCUT2D eigenvalue weighted by Gasteiger charge is 2.36. The molecule has 1 aliphatic rings. The lowest BCUT2D eigenvalue weighted by Gasteiger charge is -2.31. The van der Waals surface area contributed by atoms with E-state index >= 15 is 0 Å². The van der Waals surface area contributed by atoms with Crippen molar-refractivity contribution in [1.29, 1.82) is 0 Å². The predicted octanol–water partition coefficient (Wildman–Crippen LogP) is 5.86. The number of sulfonamides is 1. The summed E-state index contributed by atoms with van der Waals surface area (Å²) in [7, 11) is -2.95. The van der Waals surface area contributed by atoms with Crippen LogP contribution in [0.2, 0.25) is 5.02 Å². The average Bonchev–Trinajstić information content (AvgIpc) is 2.83. The molecule has 1 N–H and O–H groups in total. The summed E-state index contributed by atoms with van der Waals surface area (Å²) in [5.41, 5.74) is -1.62. The van der Waals surface area contributed by atoms with Crippen molar-refractivity contribution in [3.63, 3.8) is 0 Å². The quantitative estimate of drug-likeness (QED) is 0.421. The van der Waals surface area contributed by atoms with E-state index in [-0.39, 0.29) is 27.2 Å². The van der Waals surface area contributed by atoms with Gasteiger partial charge in [-0.2, -0.15) is 21.6 Å². The van der Waals surface area contributed by atoms with Gasteiger partial charge >= 0.3 is 6.18 Å². The molecular formula is C24H24ClF3N4O3S. The monoisotopic (exact) mass is 540 g/mol. The van der Waals surface area contributed by atoms with E-state index in [1.165, 1.54) is 31.4 Å². The Morgan fingerprint density at radius 2 is 1.81 bits per heavy atom. The van der Waals surface area contributed by atoms with E-state index in [2.05, 4.69) is 21.6 Å². The molecule has 1 fully saturated rings. The highest BCUT2D eigenvalue weighted by atomic mass is 35.5. The van der Waals surface area contributed by atoms with Crippen LogP contribution >= 0.6 is 11.6 Å². The van der Waals surface area contributed by atoms with Gasteiger partial charge in [0.2, 0.25) is 0 Å². The molecule has 36 heavy (non-hydrogen) atoms. The summed E-state index contributed by atoms with van der Waals surface area (Å²) in [5, 5.41) is -0.0953. The van der Waals surface area contributed by atoms with Crippen LogP contribution in [0.25, 0.3) is 11.3 Å². The van der Waals surface area contributed by atoms with E-state index in [0.29, 0.717) is 11.7 Å². The van der Waals surface area contributed by atoms with E-state index in [1.807, 2.05) is 4.90 Å². The highest BCUT2D eigenvalue weighted by Crippen LogP contribution is 2.41. The molecule has 1 saturated heterocycles. The Morgan fingerprint density at radius 1 is 1.08 bits per heavy atom. The minimum atomic E-state index is -4.76. The van der Waals surface area contributed by atoms with Crippen molar-refractivity contribution in [2.75, 3.05) is 29.8 Å². The summed E-state index contributed by atoms with van der Waals surface area (Å²) in [5.74, 6) is 0.907. The molecule has 1 aliphatic heterocycles. The van der Waals surface area contributed by atoms with Gasteiger partial charge in [0.25, 0.3) is 10.0 Å². The van der Waals surface area contributed by atoms with Gasteiger partial charge in [-0.3, -0.25) is 4.72 Å². The number of methoxy groups -OCH3 is 1. The molecule has 12 heteroatoms. The Labute approximate surface area is 212 Å². The maximum atomic E-state index is 13.8. The van der Waals surface area contributed by atoms with Crippen LogP contribution in [-0.2, 0) is 16.2 Å². The highest BCUT2D eigenvalue weighted by molar-refractivity contribution is 7.92. The number of halogens is 4. The van der Waals surface area contributed by atoms with Crippen LogP contribution in [0.4, 0.5) is 24.8 Å². The largest absolute Gasteiger partial charge is 0.496 e. The summed E-state index contributed by atoms with van der Waals surface area (Å²) in [6, 6.07) is 10.5. The number of anilines is 2. The number of alkyl halides is 3. The molecule has 0 saturated carbocycles. The van der Waals surface area contributed by atoms with Crippen LogP contribution in [0.15, 0.2) is 53.6 Å². The van der Waals surface area contributed by atoms with E-state index in [9.17, 15) is 21.6 Å². The van der Waals surface area contributed by atoms with Crippen LogP contribution in [-0.4, -0.2) is 38.6 Å². The molecule has 2 aromatic heterocycles. The van der Waals surface area contributed by atoms with Crippen LogP contribution in [0.5, 0.6) is 5.75 Å². The fraction of sp³-hybridized carbons (Fsp3) is 0.333. The number of hydrogen-bond donors (Lipinski definition) is 1. The molecule has 0 unspecified atom stereocenters. The van der Waals surface area contributed by atoms with Crippen LogP contribution in [0.3, 0.4) is 0 Å². The van der Waals surface area contributed by atoms with Gasteiger partial charge in [0, 0.05) is 23.7 Å². The van der Waals surface area contributed by atoms with Gasteiger partial charge in [-0.15, -0.1) is 0 Å². The smallest absolute Gasteiger partial charge is 0.418 e. The predicted molar refractivity (Wildman–Crippen MR) is 132 cm³/mol. The Balaban J connectivity index is 1.70. The summed E-state index contributed by atoms with van der Waals surface area (Å²) in [4.78, 5) is 10.3. The van der Waals surface area contributed by atoms with Crippen molar-refractivity contribution in [3.05, 3.63) is 59.1 Å². The summed E-state index contributed by atoms with van der Waals surface area (Å²) >= 11 is 6.02. The maximum Gasteiger partial charge on any atom is 0.418 e. The minimum Gasteiger partial charge on any atom is -0.496 e. The number of piperidine rings is 1. The second-order valence-corrected chi connectivity index (χ2v) is 10.6. The molecule has 7 nitrogen and oxygen atoms in total. The standard InChI is InChI=1S/C24H24ClF3N4O3S/c1-15-10-12-32(13-11-15)21-4-3-5-22(30-21)36(33,34)31-20-9-7-18(24(26,27)28)23(29-20)17-14-16(25)6-8-19(17)35-2/h3-9,14-15H,10-13H2,1-2H3,(H,29,31). The van der Waals surface area contributed by atoms with Crippen LogP contribution < -0.4 is 14.4 Å². The van der Waals surface area contributed by atoms with Crippen molar-refractivity contribution >= 4 is 33.3 Å². The molecule has 4 rings (SSSR count). The number of hydrogen-bond acceptors (Lipinski definition) is 6. The topological polar surface area (TPSA) is 84.4 Å². The number of aromatic nitrogens is 2. The Hall–Kier alpha value is -3.05. The molecule has 3 aromatic rings. The summed E-state index contributed by atoms with van der Waals surface area (Å²) < 4.78 is 75.0. The zero-order valence-electron chi connectivity index (χ0n) is 19.5. The average molecular weight is 541 g/mol. The Bertz CT molecular complexity index is 1360. The number of rotatable bonds is 6. The van der Waals surface area contributed by atoms with Gasteiger partial charge in [0.15, 0.2) is 5.03 Å². The number of nitrogens with zero attached hydrogens (tertiary/aromatic N) is 3. The molecule has 0 spiro atoms. The molecule has 0 aliphatic carbocycles. The van der Waals surface area contributed by atoms with E-state index < -0.39 is 27.5 Å². The van der Waals surface area contributed by atoms with Crippen molar-refractivity contribution in [2.45, 2.75) is 31.0 Å². The lowest BCUT2D eigenvalue weighted by atomic mass is 9.99. The van der Waals surface area contributed by atoms with Crippen LogP contribution in [0.1, 0.15) is 25.3 Å². The zero-order valence-corrected chi connectivity index (χ0v) is 21.1. The van der Waals surface area contributed by atoms with E-state index in [0.717, 1.165) is 38.1 Å². The van der Waals surface area contributed by atoms with Gasteiger partial charge in [0.1, 0.15) is 17.4 Å². The third-order valence-corrected chi connectivity index (χ3v) is 7.44. The molecular weight excluding hydrogens is 517 g/mol. The second kappa shape index (κ2) is 10.1. The summed E-state index contributed by atoms with van der Waals surface area (Å²) in [6.45, 7) is 3.69. The lowest BCUT2D eigenvalue weighted by molar-refractivity contribution is -0.137. The lowest BCUT2D eigenvalue weighted by Crippen LogP contribution is -2.33. The van der Waals surface area contributed by atoms with Gasteiger partial charge in [-0.1, -0.05) is 24.6 Å². The van der Waals surface area contributed by atoms with E-state index in [1.54, 1.807) is 12.1 Å².